The molecule has 1 aliphatic rings. The molecule has 0 radical (unpaired) electrons. The van der Waals surface area contributed by atoms with Crippen LogP contribution < -0.4 is 5.73 Å². The summed E-state index contributed by atoms with van der Waals surface area (Å²) < 4.78 is 0. The number of rotatable bonds is 3. The molecule has 102 valence electrons. The highest BCUT2D eigenvalue weighted by atomic mass is 35.5. The lowest BCUT2D eigenvalue weighted by Gasteiger charge is -2.27. The van der Waals surface area contributed by atoms with Gasteiger partial charge in [0.25, 0.3) is 0 Å². The van der Waals surface area contributed by atoms with Gasteiger partial charge in [0.1, 0.15) is 5.78 Å². The van der Waals surface area contributed by atoms with Crippen molar-refractivity contribution in [1.29, 1.82) is 0 Å². The first kappa shape index (κ1) is 13.9. The molecule has 0 bridgehead atoms. The molecule has 6 nitrogen and oxygen atoms in total. The van der Waals surface area contributed by atoms with E-state index in [1.165, 1.54) is 6.20 Å². The summed E-state index contributed by atoms with van der Waals surface area (Å²) in [5, 5.41) is 9.38. The molecular formula is C12H14ClN3O3. The highest BCUT2D eigenvalue weighted by Gasteiger charge is 2.36. The van der Waals surface area contributed by atoms with Crippen molar-refractivity contribution in [1.82, 2.24) is 9.97 Å². The molecule has 1 heterocycles. The van der Waals surface area contributed by atoms with Gasteiger partial charge in [-0.15, -0.1) is 0 Å². The molecule has 2 rings (SSSR count). The van der Waals surface area contributed by atoms with Crippen LogP contribution in [0.3, 0.4) is 0 Å². The average molecular weight is 284 g/mol. The topological polar surface area (TPSA) is 106 Å². The average Bonchev–Trinajstić information content (AvgIpc) is 2.38. The number of aromatic nitrogens is 2. The van der Waals surface area contributed by atoms with Gasteiger partial charge in [0.05, 0.1) is 17.3 Å². The zero-order chi connectivity index (χ0) is 14.0. The summed E-state index contributed by atoms with van der Waals surface area (Å²) in [6, 6.07) is 0. The first-order chi connectivity index (χ1) is 9.02. The number of hydrogen-bond acceptors (Lipinski definition) is 5. The molecule has 7 heteroatoms. The Labute approximate surface area is 115 Å². The van der Waals surface area contributed by atoms with Gasteiger partial charge in [0.15, 0.2) is 5.15 Å². The molecule has 3 N–H and O–H groups in total. The predicted octanol–water partition coefficient (Wildman–Crippen LogP) is 1.13. The molecule has 0 aliphatic heterocycles. The van der Waals surface area contributed by atoms with E-state index in [9.17, 15) is 14.7 Å². The lowest BCUT2D eigenvalue weighted by atomic mass is 9.77. The van der Waals surface area contributed by atoms with E-state index >= 15 is 0 Å². The fourth-order valence-electron chi connectivity index (χ4n) is 2.33. The van der Waals surface area contributed by atoms with E-state index in [0.717, 1.165) is 0 Å². The van der Waals surface area contributed by atoms with Crippen LogP contribution in [0.15, 0.2) is 6.20 Å². The fraction of sp³-hybridized carbons (Fsp3) is 0.500. The monoisotopic (exact) mass is 283 g/mol. The second-order valence-corrected chi connectivity index (χ2v) is 4.93. The molecule has 1 fully saturated rings. The predicted molar refractivity (Wildman–Crippen MR) is 67.7 cm³/mol. The third kappa shape index (κ3) is 2.90. The number of halogens is 1. The number of nitrogens with zero attached hydrogens (tertiary/aromatic N) is 2. The van der Waals surface area contributed by atoms with Crippen molar-refractivity contribution in [3.05, 3.63) is 22.7 Å². The van der Waals surface area contributed by atoms with Crippen LogP contribution in [0.5, 0.6) is 0 Å². The molecule has 1 aromatic rings. The summed E-state index contributed by atoms with van der Waals surface area (Å²) in [7, 11) is 0. The largest absolute Gasteiger partial charge is 0.481 e. The normalized spacial score (nSPS) is 23.4. The van der Waals surface area contributed by atoms with Crippen molar-refractivity contribution in [3.63, 3.8) is 0 Å². The third-order valence-corrected chi connectivity index (χ3v) is 3.68. The zero-order valence-electron chi connectivity index (χ0n) is 10.2. The molecule has 0 spiro atoms. The smallest absolute Gasteiger partial charge is 0.307 e. The van der Waals surface area contributed by atoms with Gasteiger partial charge in [-0.3, -0.25) is 14.6 Å². The number of aliphatic carboxylic acids is 1. The Bertz CT molecular complexity index is 521. The Balaban J connectivity index is 2.33. The molecular weight excluding hydrogens is 270 g/mol. The third-order valence-electron chi connectivity index (χ3n) is 3.38. The maximum absolute atomic E-state index is 11.5. The minimum absolute atomic E-state index is 0.0447. The van der Waals surface area contributed by atoms with Gasteiger partial charge in [-0.1, -0.05) is 11.6 Å². The lowest BCUT2D eigenvalue weighted by molar-refractivity contribution is -0.144. The Morgan fingerprint density at radius 1 is 1.58 bits per heavy atom. The van der Waals surface area contributed by atoms with E-state index in [1.54, 1.807) is 0 Å². The van der Waals surface area contributed by atoms with Crippen molar-refractivity contribution in [2.75, 3.05) is 0 Å². The number of carbonyl (C=O) groups excluding carboxylic acids is 1. The highest BCUT2D eigenvalue weighted by Crippen LogP contribution is 2.35. The fourth-order valence-corrected chi connectivity index (χ4v) is 2.56. The van der Waals surface area contributed by atoms with E-state index in [0.29, 0.717) is 24.2 Å². The van der Waals surface area contributed by atoms with Crippen LogP contribution in [0.25, 0.3) is 0 Å². The van der Waals surface area contributed by atoms with Crippen LogP contribution in [0.2, 0.25) is 5.15 Å². The van der Waals surface area contributed by atoms with Crippen molar-refractivity contribution in [2.45, 2.75) is 31.7 Å². The number of hydrogen-bond donors (Lipinski definition) is 2. The van der Waals surface area contributed by atoms with Gasteiger partial charge in [0, 0.05) is 31.5 Å². The first-order valence-corrected chi connectivity index (χ1v) is 6.36. The number of carboxylic acid groups (broad SMARTS) is 1. The summed E-state index contributed by atoms with van der Waals surface area (Å²) in [5.41, 5.74) is 6.35. The van der Waals surface area contributed by atoms with Crippen molar-refractivity contribution >= 4 is 23.4 Å². The lowest BCUT2D eigenvalue weighted by Crippen LogP contribution is -2.30. The Kier molecular flexibility index (Phi) is 4.11. The van der Waals surface area contributed by atoms with Gasteiger partial charge in [0.2, 0.25) is 0 Å². The number of Topliss-reactive ketones (excluding diaryl/α,β-unsaturated/α-hetero) is 1. The van der Waals surface area contributed by atoms with Crippen LogP contribution >= 0.6 is 11.6 Å². The van der Waals surface area contributed by atoms with Gasteiger partial charge < -0.3 is 10.8 Å². The van der Waals surface area contributed by atoms with Gasteiger partial charge >= 0.3 is 5.97 Å². The second kappa shape index (κ2) is 5.63. The SMILES string of the molecule is NCc1ncc(C2CC(=O)CCC2C(=O)O)nc1Cl. The van der Waals surface area contributed by atoms with E-state index < -0.39 is 17.8 Å². The van der Waals surface area contributed by atoms with E-state index in [4.69, 9.17) is 17.3 Å². The molecule has 0 amide bonds. The van der Waals surface area contributed by atoms with Crippen LogP contribution in [-0.4, -0.2) is 26.8 Å². The first-order valence-electron chi connectivity index (χ1n) is 5.98. The van der Waals surface area contributed by atoms with Crippen molar-refractivity contribution in [2.24, 2.45) is 11.7 Å². The molecule has 1 aromatic heterocycles. The van der Waals surface area contributed by atoms with Crippen LogP contribution in [-0.2, 0) is 16.1 Å². The minimum Gasteiger partial charge on any atom is -0.481 e. The Morgan fingerprint density at radius 3 is 2.89 bits per heavy atom. The van der Waals surface area contributed by atoms with E-state index in [1.807, 2.05) is 0 Å². The maximum atomic E-state index is 11.5. The molecule has 2 atom stereocenters. The summed E-state index contributed by atoms with van der Waals surface area (Å²) >= 11 is 5.93. The van der Waals surface area contributed by atoms with Crippen molar-refractivity contribution in [3.8, 4) is 0 Å². The van der Waals surface area contributed by atoms with E-state index in [2.05, 4.69) is 9.97 Å². The van der Waals surface area contributed by atoms with Crippen LogP contribution in [0, 0.1) is 5.92 Å². The number of ketones is 1. The van der Waals surface area contributed by atoms with Gasteiger partial charge in [-0.25, -0.2) is 4.98 Å². The Hall–Kier alpha value is -1.53. The molecule has 0 saturated heterocycles. The summed E-state index contributed by atoms with van der Waals surface area (Å²) in [4.78, 5) is 31.0. The number of nitrogens with two attached hydrogens (primary N) is 1. The molecule has 1 aliphatic carbocycles. The molecule has 0 aromatic carbocycles. The quantitative estimate of drug-likeness (QED) is 0.861. The standard InChI is InChI=1S/C12H14ClN3O3/c13-11-9(4-14)15-5-10(16-11)8-3-6(17)1-2-7(8)12(18)19/h5,7-8H,1-4,14H2,(H,18,19). The summed E-state index contributed by atoms with van der Waals surface area (Å²) in [5.74, 6) is -1.95. The number of carbonyl (C=O) groups is 2. The molecule has 19 heavy (non-hydrogen) atoms. The Morgan fingerprint density at radius 2 is 2.32 bits per heavy atom. The summed E-state index contributed by atoms with van der Waals surface area (Å²) in [6.07, 6.45) is 2.27. The molecule has 1 saturated carbocycles. The van der Waals surface area contributed by atoms with E-state index in [-0.39, 0.29) is 23.9 Å². The zero-order valence-corrected chi connectivity index (χ0v) is 10.9. The van der Waals surface area contributed by atoms with Crippen LogP contribution in [0.4, 0.5) is 0 Å². The van der Waals surface area contributed by atoms with Crippen molar-refractivity contribution < 1.29 is 14.7 Å². The van der Waals surface area contributed by atoms with Crippen LogP contribution in [0.1, 0.15) is 36.6 Å². The van der Waals surface area contributed by atoms with Gasteiger partial charge in [-0.05, 0) is 6.42 Å². The second-order valence-electron chi connectivity index (χ2n) is 4.57. The molecule has 2 unspecified atom stereocenters. The van der Waals surface area contributed by atoms with Gasteiger partial charge in [-0.2, -0.15) is 0 Å². The summed E-state index contributed by atoms with van der Waals surface area (Å²) in [6.45, 7) is 0.165. The number of carboxylic acids is 1. The minimum atomic E-state index is -0.918. The maximum Gasteiger partial charge on any atom is 0.307 e. The highest BCUT2D eigenvalue weighted by molar-refractivity contribution is 6.30.